The Bertz CT molecular complexity index is 368. The van der Waals surface area contributed by atoms with Gasteiger partial charge in [-0.1, -0.05) is 36.4 Å². The maximum absolute atomic E-state index is 4.51. The van der Waals surface area contributed by atoms with Crippen molar-refractivity contribution in [2.24, 2.45) is 10.9 Å². The number of allylic oxidation sites excluding steroid dienone is 1. The molecule has 1 aromatic carbocycles. The van der Waals surface area contributed by atoms with Crippen molar-refractivity contribution < 1.29 is 0 Å². The molecule has 1 heterocycles. The van der Waals surface area contributed by atoms with E-state index in [0.717, 1.165) is 31.8 Å². The monoisotopic (exact) mass is 214 g/mol. The summed E-state index contributed by atoms with van der Waals surface area (Å²) in [5.74, 6) is 1.62. The third-order valence-electron chi connectivity index (χ3n) is 2.86. The first kappa shape index (κ1) is 10.9. The van der Waals surface area contributed by atoms with Crippen LogP contribution in [-0.2, 0) is 6.42 Å². The lowest BCUT2D eigenvalue weighted by molar-refractivity contribution is 0.682. The Morgan fingerprint density at radius 1 is 1.38 bits per heavy atom. The van der Waals surface area contributed by atoms with Gasteiger partial charge in [-0.3, -0.25) is 4.99 Å². The molecule has 1 aliphatic rings. The maximum Gasteiger partial charge on any atom is 0.100 e. The van der Waals surface area contributed by atoms with Gasteiger partial charge in [-0.2, -0.15) is 0 Å². The topological polar surface area (TPSA) is 24.4 Å². The second kappa shape index (κ2) is 5.50. The largest absolute Gasteiger partial charge is 0.372 e. The lowest BCUT2D eigenvalue weighted by atomic mass is 9.95. The first-order valence-electron chi connectivity index (χ1n) is 5.83. The molecule has 84 valence electrons. The molecule has 0 amide bonds. The highest BCUT2D eigenvalue weighted by molar-refractivity contribution is 5.86. The van der Waals surface area contributed by atoms with Crippen LogP contribution in [0.4, 0.5) is 0 Å². The van der Waals surface area contributed by atoms with Crippen LogP contribution in [0.2, 0.25) is 0 Å². The average molecular weight is 214 g/mol. The van der Waals surface area contributed by atoms with E-state index in [4.69, 9.17) is 0 Å². The highest BCUT2D eigenvalue weighted by atomic mass is 15.1. The summed E-state index contributed by atoms with van der Waals surface area (Å²) in [5, 5.41) is 3.36. The number of nitrogens with zero attached hydrogens (tertiary/aromatic N) is 1. The van der Waals surface area contributed by atoms with Crippen molar-refractivity contribution in [3.05, 3.63) is 48.6 Å². The Labute approximate surface area is 97.1 Å². The van der Waals surface area contributed by atoms with Gasteiger partial charge in [-0.15, -0.1) is 6.58 Å². The molecule has 1 N–H and O–H groups in total. The summed E-state index contributed by atoms with van der Waals surface area (Å²) in [6.07, 6.45) is 4.01. The number of aliphatic imine (C=N–C) groups is 1. The van der Waals surface area contributed by atoms with E-state index in [9.17, 15) is 0 Å². The minimum Gasteiger partial charge on any atom is -0.372 e. The first-order chi connectivity index (χ1) is 7.90. The SMILES string of the molecule is C=CCC(Cc1ccccc1)C1=NCCN1. The number of hydrogen-bond donors (Lipinski definition) is 1. The molecule has 0 aromatic heterocycles. The summed E-state index contributed by atoms with van der Waals surface area (Å²) < 4.78 is 0. The van der Waals surface area contributed by atoms with Crippen LogP contribution in [0.15, 0.2) is 48.0 Å². The first-order valence-corrected chi connectivity index (χ1v) is 5.83. The third-order valence-corrected chi connectivity index (χ3v) is 2.86. The van der Waals surface area contributed by atoms with Gasteiger partial charge < -0.3 is 5.32 Å². The molecule has 0 spiro atoms. The zero-order valence-electron chi connectivity index (χ0n) is 9.52. The quantitative estimate of drug-likeness (QED) is 0.748. The Morgan fingerprint density at radius 2 is 2.19 bits per heavy atom. The fourth-order valence-corrected chi connectivity index (χ4v) is 2.08. The maximum atomic E-state index is 4.51. The van der Waals surface area contributed by atoms with Crippen molar-refractivity contribution in [2.45, 2.75) is 12.8 Å². The summed E-state index contributed by atoms with van der Waals surface area (Å²) in [6.45, 7) is 5.73. The summed E-state index contributed by atoms with van der Waals surface area (Å²) >= 11 is 0. The van der Waals surface area contributed by atoms with Crippen molar-refractivity contribution in [1.82, 2.24) is 5.32 Å². The third kappa shape index (κ3) is 2.72. The average Bonchev–Trinajstić information content (AvgIpc) is 2.83. The van der Waals surface area contributed by atoms with E-state index in [0.29, 0.717) is 5.92 Å². The molecule has 0 saturated carbocycles. The molecule has 0 bridgehead atoms. The zero-order valence-corrected chi connectivity index (χ0v) is 9.52. The van der Waals surface area contributed by atoms with Crippen molar-refractivity contribution >= 4 is 5.84 Å². The number of amidine groups is 1. The van der Waals surface area contributed by atoms with Crippen LogP contribution < -0.4 is 5.32 Å². The second-order valence-electron chi connectivity index (χ2n) is 4.10. The molecule has 0 saturated heterocycles. The molecule has 1 aliphatic heterocycles. The van der Waals surface area contributed by atoms with E-state index in [-0.39, 0.29) is 0 Å². The molecule has 2 nitrogen and oxygen atoms in total. The van der Waals surface area contributed by atoms with Crippen molar-refractivity contribution in [3.63, 3.8) is 0 Å². The van der Waals surface area contributed by atoms with Crippen LogP contribution in [0, 0.1) is 5.92 Å². The fraction of sp³-hybridized carbons (Fsp3) is 0.357. The van der Waals surface area contributed by atoms with Gasteiger partial charge in [-0.05, 0) is 18.4 Å². The van der Waals surface area contributed by atoms with E-state index >= 15 is 0 Å². The highest BCUT2D eigenvalue weighted by Gasteiger charge is 2.17. The molecule has 16 heavy (non-hydrogen) atoms. The number of benzene rings is 1. The van der Waals surface area contributed by atoms with E-state index in [1.54, 1.807) is 0 Å². The smallest absolute Gasteiger partial charge is 0.100 e. The molecule has 0 fully saturated rings. The molecule has 1 aromatic rings. The van der Waals surface area contributed by atoms with Crippen LogP contribution in [0.25, 0.3) is 0 Å². The fourth-order valence-electron chi connectivity index (χ4n) is 2.08. The van der Waals surface area contributed by atoms with Crippen molar-refractivity contribution in [3.8, 4) is 0 Å². The summed E-state index contributed by atoms with van der Waals surface area (Å²) in [4.78, 5) is 4.51. The van der Waals surface area contributed by atoms with Crippen LogP contribution in [0.3, 0.4) is 0 Å². The number of rotatable bonds is 5. The summed E-state index contributed by atoms with van der Waals surface area (Å²) in [5.41, 5.74) is 1.37. The van der Waals surface area contributed by atoms with Crippen molar-refractivity contribution in [1.29, 1.82) is 0 Å². The van der Waals surface area contributed by atoms with Gasteiger partial charge in [0, 0.05) is 12.5 Å². The molecule has 2 rings (SSSR count). The minimum atomic E-state index is 0.461. The summed E-state index contributed by atoms with van der Waals surface area (Å²) in [6, 6.07) is 10.6. The molecule has 0 radical (unpaired) electrons. The summed E-state index contributed by atoms with van der Waals surface area (Å²) in [7, 11) is 0. The normalized spacial score (nSPS) is 16.4. The van der Waals surface area contributed by atoms with E-state index in [1.165, 1.54) is 5.56 Å². The second-order valence-corrected chi connectivity index (χ2v) is 4.10. The van der Waals surface area contributed by atoms with E-state index < -0.39 is 0 Å². The van der Waals surface area contributed by atoms with Crippen LogP contribution >= 0.6 is 0 Å². The molecule has 1 unspecified atom stereocenters. The van der Waals surface area contributed by atoms with Gasteiger partial charge in [0.05, 0.1) is 6.54 Å². The van der Waals surface area contributed by atoms with Crippen LogP contribution in [-0.4, -0.2) is 18.9 Å². The molecule has 1 atom stereocenters. The molecule has 2 heteroatoms. The standard InChI is InChI=1S/C14H18N2/c1-2-6-13(14-15-9-10-16-14)11-12-7-4-3-5-8-12/h2-5,7-8,13H,1,6,9-11H2,(H,15,16). The molecular formula is C14H18N2. The van der Waals surface area contributed by atoms with Crippen molar-refractivity contribution in [2.75, 3.05) is 13.1 Å². The van der Waals surface area contributed by atoms with E-state index in [1.807, 2.05) is 6.08 Å². The lowest BCUT2D eigenvalue weighted by Crippen LogP contribution is -2.28. The number of nitrogens with one attached hydrogen (secondary N) is 1. The van der Waals surface area contributed by atoms with Gasteiger partial charge in [0.15, 0.2) is 0 Å². The zero-order chi connectivity index (χ0) is 11.2. The van der Waals surface area contributed by atoms with E-state index in [2.05, 4.69) is 47.2 Å². The Hall–Kier alpha value is -1.57. The lowest BCUT2D eigenvalue weighted by Gasteiger charge is -2.15. The highest BCUT2D eigenvalue weighted by Crippen LogP contribution is 2.15. The van der Waals surface area contributed by atoms with Crippen LogP contribution in [0.1, 0.15) is 12.0 Å². The predicted molar refractivity (Wildman–Crippen MR) is 68.8 cm³/mol. The Morgan fingerprint density at radius 3 is 2.81 bits per heavy atom. The van der Waals surface area contributed by atoms with Gasteiger partial charge in [-0.25, -0.2) is 0 Å². The Balaban J connectivity index is 2.05. The molecule has 0 aliphatic carbocycles. The predicted octanol–water partition coefficient (Wildman–Crippen LogP) is 2.42. The molecular weight excluding hydrogens is 196 g/mol. The van der Waals surface area contributed by atoms with Crippen LogP contribution in [0.5, 0.6) is 0 Å². The van der Waals surface area contributed by atoms with Gasteiger partial charge >= 0.3 is 0 Å². The Kier molecular flexibility index (Phi) is 3.76. The van der Waals surface area contributed by atoms with Gasteiger partial charge in [0.1, 0.15) is 5.84 Å². The van der Waals surface area contributed by atoms with Gasteiger partial charge in [0.2, 0.25) is 0 Å². The number of hydrogen-bond acceptors (Lipinski definition) is 2. The minimum absolute atomic E-state index is 0.461. The van der Waals surface area contributed by atoms with Gasteiger partial charge in [0.25, 0.3) is 0 Å².